The van der Waals surface area contributed by atoms with Crippen molar-refractivity contribution in [2.75, 3.05) is 17.2 Å². The number of pyridine rings is 1. The molecule has 0 saturated heterocycles. The third kappa shape index (κ3) is 2.81. The van der Waals surface area contributed by atoms with E-state index in [1.165, 1.54) is 6.20 Å². The van der Waals surface area contributed by atoms with Crippen molar-refractivity contribution in [3.8, 4) is 11.8 Å². The molecule has 27 heavy (non-hydrogen) atoms. The van der Waals surface area contributed by atoms with E-state index in [-0.39, 0.29) is 5.95 Å². The Hall–Kier alpha value is -3.99. The summed E-state index contributed by atoms with van der Waals surface area (Å²) < 4.78 is 1.94. The summed E-state index contributed by atoms with van der Waals surface area (Å²) >= 11 is 0. The maximum Gasteiger partial charge on any atom is 0.222 e. The van der Waals surface area contributed by atoms with Crippen molar-refractivity contribution >= 4 is 28.9 Å². The molecule has 0 unspecified atom stereocenters. The molecule has 0 spiro atoms. The number of hydrogen-bond acceptors (Lipinski definition) is 7. The van der Waals surface area contributed by atoms with Gasteiger partial charge < -0.3 is 5.73 Å². The van der Waals surface area contributed by atoms with Crippen LogP contribution in [-0.4, -0.2) is 31.0 Å². The highest BCUT2D eigenvalue weighted by Crippen LogP contribution is 2.31. The fourth-order valence-electron chi connectivity index (χ4n) is 2.95. The van der Waals surface area contributed by atoms with Crippen molar-refractivity contribution in [2.45, 2.75) is 6.92 Å². The zero-order valence-electron chi connectivity index (χ0n) is 14.6. The molecule has 1 aromatic carbocycles. The summed E-state index contributed by atoms with van der Waals surface area (Å²) in [6.45, 7) is 2.49. The molecule has 0 aliphatic rings. The minimum Gasteiger partial charge on any atom is -0.368 e. The largest absolute Gasteiger partial charge is 0.368 e. The Morgan fingerprint density at radius 3 is 2.67 bits per heavy atom. The monoisotopic (exact) mass is 356 g/mol. The highest BCUT2D eigenvalue weighted by molar-refractivity contribution is 5.79. The molecule has 0 amide bonds. The van der Waals surface area contributed by atoms with E-state index in [0.717, 1.165) is 16.9 Å². The zero-order valence-corrected chi connectivity index (χ0v) is 14.6. The quantitative estimate of drug-likeness (QED) is 0.598. The van der Waals surface area contributed by atoms with Crippen LogP contribution in [0.4, 0.5) is 17.7 Å². The molecule has 0 radical (unpaired) electrons. The number of fused-ring (bicyclic) bond motifs is 1. The van der Waals surface area contributed by atoms with E-state index >= 15 is 0 Å². The SMILES string of the molecule is CCN(c1nc(N)ncc1C#N)c1nc2cccnc2n1-c1ccccc1. The van der Waals surface area contributed by atoms with Gasteiger partial charge in [-0.3, -0.25) is 9.47 Å². The van der Waals surface area contributed by atoms with Gasteiger partial charge in [0, 0.05) is 12.7 Å². The first-order valence-corrected chi connectivity index (χ1v) is 8.42. The van der Waals surface area contributed by atoms with Gasteiger partial charge in [0.1, 0.15) is 17.1 Å². The van der Waals surface area contributed by atoms with Crippen LogP contribution < -0.4 is 10.6 Å². The minimum atomic E-state index is 0.1000. The minimum absolute atomic E-state index is 0.1000. The van der Waals surface area contributed by atoms with Gasteiger partial charge in [0.05, 0.1) is 11.9 Å². The van der Waals surface area contributed by atoms with Crippen LogP contribution in [0.25, 0.3) is 16.9 Å². The average Bonchev–Trinajstić information content (AvgIpc) is 3.08. The van der Waals surface area contributed by atoms with Crippen LogP contribution in [0.5, 0.6) is 0 Å². The van der Waals surface area contributed by atoms with Gasteiger partial charge in [0.25, 0.3) is 0 Å². The number of nitrogens with zero attached hydrogens (tertiary/aromatic N) is 7. The van der Waals surface area contributed by atoms with E-state index in [9.17, 15) is 5.26 Å². The van der Waals surface area contributed by atoms with Crippen LogP contribution in [0.3, 0.4) is 0 Å². The van der Waals surface area contributed by atoms with Crippen LogP contribution in [0.1, 0.15) is 12.5 Å². The first-order valence-electron chi connectivity index (χ1n) is 8.42. The lowest BCUT2D eigenvalue weighted by Gasteiger charge is -2.23. The van der Waals surface area contributed by atoms with Crippen molar-refractivity contribution in [3.63, 3.8) is 0 Å². The highest BCUT2D eigenvalue weighted by Gasteiger charge is 2.23. The Bertz CT molecular complexity index is 1140. The van der Waals surface area contributed by atoms with Gasteiger partial charge in [0.2, 0.25) is 11.9 Å². The number of anilines is 3. The maximum atomic E-state index is 9.49. The number of imidazole rings is 1. The Kier molecular flexibility index (Phi) is 4.10. The van der Waals surface area contributed by atoms with Crippen LogP contribution >= 0.6 is 0 Å². The number of nitrogens with two attached hydrogens (primary N) is 1. The van der Waals surface area contributed by atoms with E-state index in [0.29, 0.717) is 23.9 Å². The summed E-state index contributed by atoms with van der Waals surface area (Å²) in [5.74, 6) is 1.12. The molecule has 3 heterocycles. The number of hydrogen-bond donors (Lipinski definition) is 1. The van der Waals surface area contributed by atoms with Crippen LogP contribution in [-0.2, 0) is 0 Å². The molecule has 3 aromatic heterocycles. The zero-order chi connectivity index (χ0) is 18.8. The molecule has 0 saturated carbocycles. The van der Waals surface area contributed by atoms with Gasteiger partial charge in [0.15, 0.2) is 11.5 Å². The van der Waals surface area contributed by atoms with E-state index in [2.05, 4.69) is 21.0 Å². The summed E-state index contributed by atoms with van der Waals surface area (Å²) in [6, 6.07) is 15.7. The maximum absolute atomic E-state index is 9.49. The third-order valence-electron chi connectivity index (χ3n) is 4.13. The molecule has 0 atom stereocenters. The van der Waals surface area contributed by atoms with Crippen molar-refractivity contribution in [3.05, 3.63) is 60.4 Å². The number of nitriles is 1. The Morgan fingerprint density at radius 1 is 1.11 bits per heavy atom. The third-order valence-corrected chi connectivity index (χ3v) is 4.13. The van der Waals surface area contributed by atoms with E-state index in [4.69, 9.17) is 10.7 Å². The second-order valence-corrected chi connectivity index (χ2v) is 5.75. The van der Waals surface area contributed by atoms with Gasteiger partial charge in [-0.2, -0.15) is 10.2 Å². The molecule has 4 aromatic rings. The summed E-state index contributed by atoms with van der Waals surface area (Å²) in [4.78, 5) is 19.3. The predicted octanol–water partition coefficient (Wildman–Crippen LogP) is 2.82. The van der Waals surface area contributed by atoms with Crippen LogP contribution in [0, 0.1) is 11.3 Å². The Morgan fingerprint density at radius 2 is 1.93 bits per heavy atom. The molecule has 4 rings (SSSR count). The van der Waals surface area contributed by atoms with Crippen LogP contribution in [0.15, 0.2) is 54.9 Å². The van der Waals surface area contributed by atoms with Gasteiger partial charge in [-0.1, -0.05) is 18.2 Å². The molecule has 8 nitrogen and oxygen atoms in total. The Labute approximate surface area is 155 Å². The van der Waals surface area contributed by atoms with Crippen molar-refractivity contribution in [2.24, 2.45) is 0 Å². The average molecular weight is 356 g/mol. The number of para-hydroxylation sites is 1. The molecule has 0 bridgehead atoms. The lowest BCUT2D eigenvalue weighted by Crippen LogP contribution is -2.23. The second-order valence-electron chi connectivity index (χ2n) is 5.75. The summed E-state index contributed by atoms with van der Waals surface area (Å²) in [6.07, 6.45) is 3.15. The molecule has 0 fully saturated rings. The van der Waals surface area contributed by atoms with Crippen molar-refractivity contribution < 1.29 is 0 Å². The van der Waals surface area contributed by atoms with E-state index < -0.39 is 0 Å². The van der Waals surface area contributed by atoms with Crippen molar-refractivity contribution in [1.29, 1.82) is 5.26 Å². The first kappa shape index (κ1) is 16.5. The van der Waals surface area contributed by atoms with Crippen molar-refractivity contribution in [1.82, 2.24) is 24.5 Å². The highest BCUT2D eigenvalue weighted by atomic mass is 15.4. The molecule has 0 aliphatic carbocycles. The topological polar surface area (TPSA) is 110 Å². The molecule has 132 valence electrons. The fraction of sp³-hybridized carbons (Fsp3) is 0.105. The summed E-state index contributed by atoms with van der Waals surface area (Å²) in [7, 11) is 0. The van der Waals surface area contributed by atoms with Gasteiger partial charge >= 0.3 is 0 Å². The molecule has 0 aliphatic heterocycles. The normalized spacial score (nSPS) is 10.7. The standard InChI is InChI=1S/C19H16N8/c1-2-26(16-13(11-20)12-23-18(21)25-16)19-24-15-9-6-10-22-17(15)27(19)14-7-4-3-5-8-14/h3-10,12H,2H2,1H3,(H2,21,23,25). The van der Waals surface area contributed by atoms with Gasteiger partial charge in [-0.15, -0.1) is 0 Å². The van der Waals surface area contributed by atoms with E-state index in [1.54, 1.807) is 6.20 Å². The van der Waals surface area contributed by atoms with Gasteiger partial charge in [-0.05, 0) is 31.2 Å². The van der Waals surface area contributed by atoms with E-state index in [1.807, 2.05) is 58.9 Å². The number of aromatic nitrogens is 5. The fourth-order valence-corrected chi connectivity index (χ4v) is 2.95. The molecule has 8 heteroatoms. The van der Waals surface area contributed by atoms with Gasteiger partial charge in [-0.25, -0.2) is 15.0 Å². The number of nitrogen functional groups attached to an aromatic ring is 1. The molecular formula is C19H16N8. The lowest BCUT2D eigenvalue weighted by molar-refractivity contribution is 0.899. The summed E-state index contributed by atoms with van der Waals surface area (Å²) in [5, 5.41) is 9.49. The van der Waals surface area contributed by atoms with Crippen LogP contribution in [0.2, 0.25) is 0 Å². The number of rotatable bonds is 4. The predicted molar refractivity (Wildman–Crippen MR) is 103 cm³/mol. The lowest BCUT2D eigenvalue weighted by atomic mass is 10.3. The first-order chi connectivity index (χ1) is 13.2. The Balaban J connectivity index is 2.01. The molecule has 2 N–H and O–H groups in total. The molecular weight excluding hydrogens is 340 g/mol. The summed E-state index contributed by atoms with van der Waals surface area (Å²) in [5.41, 5.74) is 8.48. The smallest absolute Gasteiger partial charge is 0.222 e. The number of benzene rings is 1. The second kappa shape index (κ2) is 6.72.